The molecule has 0 aliphatic heterocycles. The van der Waals surface area contributed by atoms with Gasteiger partial charge in [-0.15, -0.1) is 0 Å². The number of nitrogens with one attached hydrogen (secondary N) is 1. The Bertz CT molecular complexity index is 687. The monoisotopic (exact) mass is 453 g/mol. The third-order valence-electron chi connectivity index (χ3n) is 3.21. The van der Waals surface area contributed by atoms with Gasteiger partial charge in [0.2, 0.25) is 0 Å². The summed E-state index contributed by atoms with van der Waals surface area (Å²) in [5.74, 6) is -0.781. The fourth-order valence-electron chi connectivity index (χ4n) is 1.97. The van der Waals surface area contributed by atoms with E-state index in [2.05, 4.69) is 29.6 Å². The van der Waals surface area contributed by atoms with Crippen LogP contribution in [-0.4, -0.2) is 46.0 Å². The number of ether oxygens (including phenoxy) is 1. The molecule has 0 fully saturated rings. The van der Waals surface area contributed by atoms with Crippen LogP contribution in [0.2, 0.25) is 4.47 Å². The molecule has 0 spiro atoms. The van der Waals surface area contributed by atoms with Crippen LogP contribution in [0.15, 0.2) is 66.7 Å². The molecule has 0 saturated heterocycles. The molecule has 0 atom stereocenters. The van der Waals surface area contributed by atoms with Crippen molar-refractivity contribution in [2.45, 2.75) is 10.9 Å². The van der Waals surface area contributed by atoms with Gasteiger partial charge in [-0.1, -0.05) is 18.2 Å². The summed E-state index contributed by atoms with van der Waals surface area (Å²) >= 11 is -0.179. The Labute approximate surface area is 158 Å². The molecule has 2 aromatic carbocycles. The van der Waals surface area contributed by atoms with E-state index in [1.165, 1.54) is 9.69 Å². The van der Waals surface area contributed by atoms with Gasteiger partial charge in [-0.05, 0) is 0 Å². The second kappa shape index (κ2) is 11.5. The first-order valence-corrected chi connectivity index (χ1v) is 10.9. The van der Waals surface area contributed by atoms with Crippen molar-refractivity contribution >= 4 is 42.5 Å². The van der Waals surface area contributed by atoms with Crippen LogP contribution in [0, 0.1) is 0 Å². The van der Waals surface area contributed by atoms with Crippen molar-refractivity contribution in [2.24, 2.45) is 0 Å². The second-order valence-corrected chi connectivity index (χ2v) is 8.55. The first-order chi connectivity index (χ1) is 12.2. The summed E-state index contributed by atoms with van der Waals surface area (Å²) in [6.45, 7) is 0.376. The SMILES string of the molecule is O=C(COC(=O)/C=C/c1ccccc1)NCCC[Te]c1ccccc1. The molecule has 1 amide bonds. The van der Waals surface area contributed by atoms with Crippen LogP contribution in [-0.2, 0) is 14.3 Å². The molecule has 130 valence electrons. The zero-order chi connectivity index (χ0) is 17.7. The van der Waals surface area contributed by atoms with E-state index in [9.17, 15) is 9.59 Å². The Balaban J connectivity index is 1.54. The fourth-order valence-corrected chi connectivity index (χ4v) is 4.47. The second-order valence-electron chi connectivity index (χ2n) is 5.22. The summed E-state index contributed by atoms with van der Waals surface area (Å²) in [5.41, 5.74) is 0.909. The van der Waals surface area contributed by atoms with E-state index in [-0.39, 0.29) is 33.4 Å². The standard InChI is InChI=1S/C20H21NO3Te/c22-19(21-14-7-15-25-18-10-5-2-6-11-18)16-24-20(23)13-12-17-8-3-1-4-9-17/h1-6,8-13H,7,14-16H2,(H,21,22)/b13-12+. The molecule has 0 unspecified atom stereocenters. The van der Waals surface area contributed by atoms with Gasteiger partial charge in [0.05, 0.1) is 0 Å². The first kappa shape index (κ1) is 19.2. The maximum atomic E-state index is 11.7. The van der Waals surface area contributed by atoms with Crippen molar-refractivity contribution in [1.29, 1.82) is 0 Å². The predicted octanol–water partition coefficient (Wildman–Crippen LogP) is 2.20. The molecule has 5 heteroatoms. The molecule has 0 saturated carbocycles. The molecule has 2 aromatic rings. The summed E-state index contributed by atoms with van der Waals surface area (Å²) in [6.07, 6.45) is 3.94. The molecule has 0 heterocycles. The van der Waals surface area contributed by atoms with Crippen LogP contribution < -0.4 is 8.93 Å². The molecular formula is C20H21NO3Te. The van der Waals surface area contributed by atoms with Crippen molar-refractivity contribution in [1.82, 2.24) is 5.32 Å². The van der Waals surface area contributed by atoms with E-state index in [1.54, 1.807) is 6.08 Å². The molecule has 2 rings (SSSR count). The van der Waals surface area contributed by atoms with Gasteiger partial charge in [0.15, 0.2) is 0 Å². The Morgan fingerprint density at radius 3 is 2.40 bits per heavy atom. The third kappa shape index (κ3) is 8.53. The summed E-state index contributed by atoms with van der Waals surface area (Å²) in [5, 5.41) is 2.78. The van der Waals surface area contributed by atoms with Crippen LogP contribution in [0.25, 0.3) is 6.08 Å². The van der Waals surface area contributed by atoms with E-state index < -0.39 is 5.97 Å². The Morgan fingerprint density at radius 1 is 1.00 bits per heavy atom. The average Bonchev–Trinajstić information content (AvgIpc) is 2.66. The average molecular weight is 451 g/mol. The predicted molar refractivity (Wildman–Crippen MR) is 101 cm³/mol. The number of carbonyl (C=O) groups excluding carboxylic acids is 2. The van der Waals surface area contributed by atoms with Crippen molar-refractivity contribution in [3.63, 3.8) is 0 Å². The minimum absolute atomic E-state index is 0.179. The number of esters is 1. The molecule has 0 aromatic heterocycles. The summed E-state index contributed by atoms with van der Waals surface area (Å²) in [6, 6.07) is 19.9. The molecule has 4 nitrogen and oxygen atoms in total. The van der Waals surface area contributed by atoms with Crippen molar-refractivity contribution in [3.05, 3.63) is 72.3 Å². The van der Waals surface area contributed by atoms with Crippen LogP contribution in [0.5, 0.6) is 0 Å². The number of hydrogen-bond donors (Lipinski definition) is 1. The topological polar surface area (TPSA) is 55.4 Å². The van der Waals surface area contributed by atoms with E-state index >= 15 is 0 Å². The normalized spacial score (nSPS) is 10.6. The molecule has 0 bridgehead atoms. The first-order valence-electron chi connectivity index (χ1n) is 8.08. The Hall–Kier alpha value is -2.09. The van der Waals surface area contributed by atoms with Gasteiger partial charge in [-0.25, -0.2) is 0 Å². The number of carbonyl (C=O) groups is 2. The quantitative estimate of drug-likeness (QED) is 0.276. The van der Waals surface area contributed by atoms with Gasteiger partial charge in [0.25, 0.3) is 0 Å². The molecule has 0 radical (unpaired) electrons. The maximum absolute atomic E-state index is 11.7. The Kier molecular flexibility index (Phi) is 8.82. The number of benzene rings is 2. The van der Waals surface area contributed by atoms with E-state index in [0.29, 0.717) is 6.54 Å². The van der Waals surface area contributed by atoms with Crippen molar-refractivity contribution < 1.29 is 14.3 Å². The summed E-state index contributed by atoms with van der Waals surface area (Å²) in [4.78, 5) is 23.2. The number of hydrogen-bond acceptors (Lipinski definition) is 3. The molecule has 0 aliphatic carbocycles. The summed E-state index contributed by atoms with van der Waals surface area (Å²) in [7, 11) is 0. The van der Waals surface area contributed by atoms with Gasteiger partial charge in [-0.2, -0.15) is 0 Å². The van der Waals surface area contributed by atoms with Crippen molar-refractivity contribution in [2.75, 3.05) is 13.2 Å². The van der Waals surface area contributed by atoms with Crippen LogP contribution >= 0.6 is 0 Å². The molecule has 25 heavy (non-hydrogen) atoms. The van der Waals surface area contributed by atoms with Crippen LogP contribution in [0.4, 0.5) is 0 Å². The fraction of sp³-hybridized carbons (Fsp3) is 0.200. The summed E-state index contributed by atoms with van der Waals surface area (Å²) < 4.78 is 7.49. The minimum atomic E-state index is -0.519. The van der Waals surface area contributed by atoms with Gasteiger partial charge in [0, 0.05) is 0 Å². The van der Waals surface area contributed by atoms with Crippen molar-refractivity contribution in [3.8, 4) is 0 Å². The third-order valence-corrected chi connectivity index (χ3v) is 6.35. The van der Waals surface area contributed by atoms with Gasteiger partial charge in [-0.3, -0.25) is 0 Å². The van der Waals surface area contributed by atoms with Gasteiger partial charge in [0.1, 0.15) is 0 Å². The number of rotatable bonds is 9. The number of amides is 1. The van der Waals surface area contributed by atoms with Crippen LogP contribution in [0.1, 0.15) is 12.0 Å². The van der Waals surface area contributed by atoms with Gasteiger partial charge < -0.3 is 0 Å². The van der Waals surface area contributed by atoms with E-state index in [1.807, 2.05) is 36.4 Å². The van der Waals surface area contributed by atoms with Gasteiger partial charge >= 0.3 is 140 Å². The van der Waals surface area contributed by atoms with Crippen LogP contribution in [0.3, 0.4) is 0 Å². The molecule has 0 aliphatic rings. The van der Waals surface area contributed by atoms with E-state index in [4.69, 9.17) is 4.74 Å². The molecule has 1 N–H and O–H groups in total. The molecular weight excluding hydrogens is 430 g/mol. The zero-order valence-electron chi connectivity index (χ0n) is 13.9. The Morgan fingerprint density at radius 2 is 1.68 bits per heavy atom. The zero-order valence-corrected chi connectivity index (χ0v) is 16.2. The van der Waals surface area contributed by atoms with E-state index in [0.717, 1.165) is 16.5 Å².